The van der Waals surface area contributed by atoms with Gasteiger partial charge in [-0.05, 0) is 23.9 Å². The minimum absolute atomic E-state index is 0.157. The summed E-state index contributed by atoms with van der Waals surface area (Å²) in [6.07, 6.45) is 0. The van der Waals surface area contributed by atoms with Gasteiger partial charge in [0.15, 0.2) is 0 Å². The van der Waals surface area contributed by atoms with Gasteiger partial charge in [-0.25, -0.2) is 0 Å². The first kappa shape index (κ1) is 11.1. The lowest BCUT2D eigenvalue weighted by Crippen LogP contribution is -1.94. The molecule has 18 heavy (non-hydrogen) atoms. The lowest BCUT2D eigenvalue weighted by atomic mass is 10.1. The fourth-order valence-electron chi connectivity index (χ4n) is 1.96. The van der Waals surface area contributed by atoms with Crippen molar-refractivity contribution in [3.05, 3.63) is 52.6 Å². The first-order chi connectivity index (χ1) is 8.75. The van der Waals surface area contributed by atoms with Crippen molar-refractivity contribution in [1.82, 2.24) is 0 Å². The Bertz CT molecular complexity index is 735. The second kappa shape index (κ2) is 4.34. The number of nitrogens with zero attached hydrogens (tertiary/aromatic N) is 1. The molecule has 4 nitrogen and oxygen atoms in total. The number of fused-ring (bicyclic) bond motifs is 3. The highest BCUT2D eigenvalue weighted by Gasteiger charge is 2.11. The maximum absolute atomic E-state index is 10.4. The smallest absolute Gasteiger partial charge is 0.253 e. The van der Waals surface area contributed by atoms with Crippen LogP contribution in [-0.4, -0.2) is 10.8 Å². The summed E-state index contributed by atoms with van der Waals surface area (Å²) in [5.74, 6) is -0.157. The van der Waals surface area contributed by atoms with Crippen LogP contribution < -0.4 is 0 Å². The van der Waals surface area contributed by atoms with Gasteiger partial charge < -0.3 is 4.42 Å². The third-order valence-electron chi connectivity index (χ3n) is 2.69. The van der Waals surface area contributed by atoms with Crippen LogP contribution >= 0.6 is 11.8 Å². The fraction of sp³-hybridized carbons (Fsp3) is 0.0769. The summed E-state index contributed by atoms with van der Waals surface area (Å²) in [5.41, 5.74) is 1.53. The molecule has 3 rings (SSSR count). The summed E-state index contributed by atoms with van der Waals surface area (Å²) in [6.45, 7) is 0. The number of nitro groups is 1. The van der Waals surface area contributed by atoms with Crippen molar-refractivity contribution in [2.24, 2.45) is 0 Å². The van der Waals surface area contributed by atoms with Gasteiger partial charge in [0.25, 0.3) is 5.88 Å². The van der Waals surface area contributed by atoms with Crippen molar-refractivity contribution in [3.63, 3.8) is 0 Å². The Hall–Kier alpha value is -2.01. The van der Waals surface area contributed by atoms with Gasteiger partial charge in [-0.3, -0.25) is 10.1 Å². The van der Waals surface area contributed by atoms with Gasteiger partial charge in [0.1, 0.15) is 11.2 Å². The van der Waals surface area contributed by atoms with Crippen LogP contribution in [0.5, 0.6) is 0 Å². The minimum Gasteiger partial charge on any atom is -0.455 e. The molecule has 90 valence electrons. The SMILES string of the molecule is O=[N+]([O-])CSc1cccc2c1oc1ccccc12. The molecular formula is C13H9NO3S. The molecule has 5 heteroatoms. The van der Waals surface area contributed by atoms with Crippen LogP contribution in [0.25, 0.3) is 21.9 Å². The zero-order valence-electron chi connectivity index (χ0n) is 9.33. The normalized spacial score (nSPS) is 11.1. The first-order valence-electron chi connectivity index (χ1n) is 5.40. The number of furan rings is 1. The largest absolute Gasteiger partial charge is 0.455 e. The molecule has 0 aliphatic heterocycles. The average molecular weight is 259 g/mol. The van der Waals surface area contributed by atoms with E-state index in [0.29, 0.717) is 0 Å². The monoisotopic (exact) mass is 259 g/mol. The quantitative estimate of drug-likeness (QED) is 0.309. The molecule has 0 unspecified atom stereocenters. The molecule has 0 bridgehead atoms. The maximum atomic E-state index is 10.4. The summed E-state index contributed by atoms with van der Waals surface area (Å²) in [7, 11) is 0. The molecule has 3 aromatic rings. The number of thioether (sulfide) groups is 1. The van der Waals surface area contributed by atoms with Crippen molar-refractivity contribution in [2.75, 3.05) is 5.88 Å². The van der Waals surface area contributed by atoms with E-state index in [-0.39, 0.29) is 10.8 Å². The van der Waals surface area contributed by atoms with Crippen LogP contribution in [0.2, 0.25) is 0 Å². The fourth-order valence-corrected chi connectivity index (χ4v) is 2.66. The zero-order valence-corrected chi connectivity index (χ0v) is 10.1. The summed E-state index contributed by atoms with van der Waals surface area (Å²) in [5, 5.41) is 12.5. The lowest BCUT2D eigenvalue weighted by Gasteiger charge is -1.97. The third kappa shape index (κ3) is 1.82. The molecule has 0 aliphatic carbocycles. The van der Waals surface area contributed by atoms with Gasteiger partial charge in [-0.1, -0.05) is 30.3 Å². The minimum atomic E-state index is -0.341. The first-order valence-corrected chi connectivity index (χ1v) is 6.39. The van der Waals surface area contributed by atoms with Crippen LogP contribution in [0.1, 0.15) is 0 Å². The third-order valence-corrected chi connectivity index (χ3v) is 3.67. The molecule has 0 aliphatic rings. The second-order valence-corrected chi connectivity index (χ2v) is 4.82. The van der Waals surface area contributed by atoms with Crippen molar-refractivity contribution >= 4 is 33.7 Å². The van der Waals surface area contributed by atoms with Crippen molar-refractivity contribution in [3.8, 4) is 0 Å². The predicted octanol–water partition coefficient (Wildman–Crippen LogP) is 3.91. The van der Waals surface area contributed by atoms with Crippen molar-refractivity contribution < 1.29 is 9.34 Å². The molecule has 0 atom stereocenters. The molecular weight excluding hydrogens is 250 g/mol. The molecule has 1 aromatic heterocycles. The Morgan fingerprint density at radius 1 is 1.11 bits per heavy atom. The van der Waals surface area contributed by atoms with E-state index in [0.717, 1.165) is 26.8 Å². The van der Waals surface area contributed by atoms with Gasteiger partial charge in [0.05, 0.1) is 4.90 Å². The highest BCUT2D eigenvalue weighted by Crippen LogP contribution is 2.34. The highest BCUT2D eigenvalue weighted by atomic mass is 32.2. The summed E-state index contributed by atoms with van der Waals surface area (Å²) < 4.78 is 5.77. The zero-order chi connectivity index (χ0) is 12.5. The highest BCUT2D eigenvalue weighted by molar-refractivity contribution is 7.99. The van der Waals surface area contributed by atoms with Crippen LogP contribution in [0.3, 0.4) is 0 Å². The molecule has 0 saturated carbocycles. The van der Waals surface area contributed by atoms with E-state index in [1.165, 1.54) is 11.8 Å². The number of hydrogen-bond acceptors (Lipinski definition) is 4. The van der Waals surface area contributed by atoms with E-state index in [1.807, 2.05) is 42.5 Å². The summed E-state index contributed by atoms with van der Waals surface area (Å²) >= 11 is 1.18. The number of para-hydroxylation sites is 2. The van der Waals surface area contributed by atoms with Gasteiger partial charge in [-0.15, -0.1) is 0 Å². The standard InChI is InChI=1S/C13H9NO3S/c15-14(16)8-18-12-7-3-5-10-9-4-1-2-6-11(9)17-13(10)12/h1-7H,8H2. The van der Waals surface area contributed by atoms with Crippen LogP contribution in [0, 0.1) is 10.1 Å². The van der Waals surface area contributed by atoms with E-state index < -0.39 is 0 Å². The van der Waals surface area contributed by atoms with Crippen molar-refractivity contribution in [1.29, 1.82) is 0 Å². The predicted molar refractivity (Wildman–Crippen MR) is 71.4 cm³/mol. The van der Waals surface area contributed by atoms with Crippen LogP contribution in [-0.2, 0) is 0 Å². The molecule has 0 N–H and O–H groups in total. The van der Waals surface area contributed by atoms with Gasteiger partial charge in [0.2, 0.25) is 0 Å². The maximum Gasteiger partial charge on any atom is 0.253 e. The number of benzene rings is 2. The molecule has 0 spiro atoms. The lowest BCUT2D eigenvalue weighted by molar-refractivity contribution is -0.456. The van der Waals surface area contributed by atoms with Gasteiger partial charge in [-0.2, -0.15) is 0 Å². The molecule has 2 aromatic carbocycles. The van der Waals surface area contributed by atoms with E-state index >= 15 is 0 Å². The van der Waals surface area contributed by atoms with Gasteiger partial charge in [0, 0.05) is 15.7 Å². The van der Waals surface area contributed by atoms with E-state index in [1.54, 1.807) is 0 Å². The number of rotatable bonds is 3. The van der Waals surface area contributed by atoms with E-state index in [2.05, 4.69) is 0 Å². The topological polar surface area (TPSA) is 56.3 Å². The Labute approximate surface area is 107 Å². The van der Waals surface area contributed by atoms with Crippen molar-refractivity contribution in [2.45, 2.75) is 4.90 Å². The average Bonchev–Trinajstić information content (AvgIpc) is 2.75. The Morgan fingerprint density at radius 3 is 2.72 bits per heavy atom. The van der Waals surface area contributed by atoms with Crippen LogP contribution in [0.4, 0.5) is 0 Å². The van der Waals surface area contributed by atoms with E-state index in [4.69, 9.17) is 4.42 Å². The Kier molecular flexibility index (Phi) is 2.68. The second-order valence-electron chi connectivity index (χ2n) is 3.84. The Balaban J connectivity index is 2.18. The van der Waals surface area contributed by atoms with E-state index in [9.17, 15) is 10.1 Å². The summed E-state index contributed by atoms with van der Waals surface area (Å²) in [6, 6.07) is 13.5. The molecule has 0 saturated heterocycles. The number of hydrogen-bond donors (Lipinski definition) is 0. The molecule has 0 radical (unpaired) electrons. The molecule has 1 heterocycles. The molecule has 0 amide bonds. The molecule has 0 fully saturated rings. The van der Waals surface area contributed by atoms with Crippen LogP contribution in [0.15, 0.2) is 51.8 Å². The summed E-state index contributed by atoms with van der Waals surface area (Å²) in [4.78, 5) is 10.9. The van der Waals surface area contributed by atoms with Gasteiger partial charge >= 0.3 is 0 Å². The Morgan fingerprint density at radius 2 is 1.89 bits per heavy atom.